The molecule has 0 fully saturated rings. The molecule has 0 aromatic carbocycles. The largest absolute Gasteiger partial charge is 0.491 e. The van der Waals surface area contributed by atoms with E-state index < -0.39 is 54.2 Å². The highest BCUT2D eigenvalue weighted by Gasteiger charge is 2.87. The van der Waals surface area contributed by atoms with Crippen LogP contribution in [-0.2, 0) is 4.74 Å². The summed E-state index contributed by atoms with van der Waals surface area (Å²) in [5.41, 5.74) is 0. The number of aromatic nitrogens is 4. The highest BCUT2D eigenvalue weighted by atomic mass is 32.2. The zero-order valence-corrected chi connectivity index (χ0v) is 17.5. The summed E-state index contributed by atoms with van der Waals surface area (Å²) in [6, 6.07) is 2.99. The van der Waals surface area contributed by atoms with Crippen LogP contribution in [0.1, 0.15) is 0 Å². The normalized spacial score (nSPS) is 13.9. The van der Waals surface area contributed by atoms with Crippen molar-refractivity contribution in [1.29, 1.82) is 0 Å². The van der Waals surface area contributed by atoms with Crippen LogP contribution in [0, 0.1) is 0 Å². The Kier molecular flexibility index (Phi) is 7.98. The number of nitrogens with zero attached hydrogens (tertiary/aromatic N) is 4. The van der Waals surface area contributed by atoms with Gasteiger partial charge in [0.25, 0.3) is 0 Å². The number of hydrogen-bond acceptors (Lipinski definition) is 5. The number of thioether (sulfide) groups is 1. The lowest BCUT2D eigenvalue weighted by atomic mass is 9.94. The third-order valence-electron chi connectivity index (χ3n) is 4.12. The standard InChI is InChI=1S/C17H12F12N4OS/c1-9(7-35-12-30-5-3-10(32-12)33-6-2-4-31-33)34-8-13(20,21)15(24,25)17(28,29)16(26,27)14(22,23)11(18)19/h2-6,11H,1,7-8H2. The summed E-state index contributed by atoms with van der Waals surface area (Å²) in [7, 11) is 0. The van der Waals surface area contributed by atoms with Crippen molar-refractivity contribution in [3.8, 4) is 5.82 Å². The van der Waals surface area contributed by atoms with Crippen LogP contribution in [0.15, 0.2) is 48.2 Å². The first-order valence-corrected chi connectivity index (χ1v) is 9.80. The van der Waals surface area contributed by atoms with Crippen LogP contribution in [-0.4, -0.2) is 68.1 Å². The van der Waals surface area contributed by atoms with Crippen molar-refractivity contribution in [2.75, 3.05) is 12.4 Å². The Bertz CT molecular complexity index is 1020. The number of ether oxygens (including phenoxy) is 1. The minimum atomic E-state index is -7.61. The van der Waals surface area contributed by atoms with Gasteiger partial charge in [0, 0.05) is 24.7 Å². The van der Waals surface area contributed by atoms with Crippen molar-refractivity contribution in [3.63, 3.8) is 0 Å². The van der Waals surface area contributed by atoms with Crippen LogP contribution in [0.5, 0.6) is 0 Å². The molecule has 18 heteroatoms. The van der Waals surface area contributed by atoms with E-state index in [9.17, 15) is 52.7 Å². The highest BCUT2D eigenvalue weighted by Crippen LogP contribution is 2.58. The Morgan fingerprint density at radius 3 is 2.14 bits per heavy atom. The maximum absolute atomic E-state index is 13.7. The molecule has 0 amide bonds. The average Bonchev–Trinajstić information content (AvgIpc) is 3.31. The minimum Gasteiger partial charge on any atom is -0.491 e. The summed E-state index contributed by atoms with van der Waals surface area (Å²) in [5.74, 6) is -36.7. The van der Waals surface area contributed by atoms with Crippen molar-refractivity contribution in [3.05, 3.63) is 43.1 Å². The fourth-order valence-corrected chi connectivity index (χ4v) is 2.84. The number of hydrogen-bond donors (Lipinski definition) is 0. The second-order valence-electron chi connectivity index (χ2n) is 6.62. The highest BCUT2D eigenvalue weighted by molar-refractivity contribution is 7.99. The molecule has 0 atom stereocenters. The zero-order chi connectivity index (χ0) is 26.9. The van der Waals surface area contributed by atoms with Gasteiger partial charge in [-0.2, -0.15) is 49.0 Å². The van der Waals surface area contributed by atoms with Crippen molar-refractivity contribution in [1.82, 2.24) is 19.7 Å². The molecule has 0 aliphatic heterocycles. The monoisotopic (exact) mass is 548 g/mol. The van der Waals surface area contributed by atoms with Gasteiger partial charge in [-0.05, 0) is 6.07 Å². The van der Waals surface area contributed by atoms with E-state index in [0.29, 0.717) is 11.8 Å². The van der Waals surface area contributed by atoms with Gasteiger partial charge in [0.2, 0.25) is 0 Å². The molecule has 0 spiro atoms. The van der Waals surface area contributed by atoms with Crippen molar-refractivity contribution in [2.45, 2.75) is 41.2 Å². The number of alkyl halides is 12. The van der Waals surface area contributed by atoms with E-state index in [0.717, 1.165) is 0 Å². The van der Waals surface area contributed by atoms with Crippen LogP contribution in [0.3, 0.4) is 0 Å². The van der Waals surface area contributed by atoms with Crippen LogP contribution < -0.4 is 0 Å². The summed E-state index contributed by atoms with van der Waals surface area (Å²) in [6.07, 6.45) is -1.36. The van der Waals surface area contributed by atoms with E-state index in [1.54, 1.807) is 6.07 Å². The fraction of sp³-hybridized carbons (Fsp3) is 0.471. The first kappa shape index (κ1) is 28.6. The average molecular weight is 548 g/mol. The molecule has 2 heterocycles. The summed E-state index contributed by atoms with van der Waals surface area (Å²) in [6.45, 7) is 0.329. The third kappa shape index (κ3) is 5.30. The summed E-state index contributed by atoms with van der Waals surface area (Å²) in [4.78, 5) is 7.80. The Morgan fingerprint density at radius 2 is 1.60 bits per heavy atom. The molecular formula is C17H12F12N4OS. The van der Waals surface area contributed by atoms with E-state index in [-0.39, 0.29) is 11.0 Å². The molecule has 35 heavy (non-hydrogen) atoms. The third-order valence-corrected chi connectivity index (χ3v) is 5.04. The molecule has 0 saturated heterocycles. The molecule has 0 saturated carbocycles. The molecule has 0 N–H and O–H groups in total. The SMILES string of the molecule is C=C(CSc1nccc(-n2cccn2)n1)OCC(F)(F)C(F)(F)C(F)(F)C(F)(F)C(F)(F)C(F)F. The van der Waals surface area contributed by atoms with E-state index >= 15 is 0 Å². The molecular weight excluding hydrogens is 536 g/mol. The molecule has 0 unspecified atom stereocenters. The molecule has 2 aromatic rings. The van der Waals surface area contributed by atoms with E-state index in [1.165, 1.54) is 29.3 Å². The summed E-state index contributed by atoms with van der Waals surface area (Å²) < 4.78 is 163. The molecule has 0 radical (unpaired) electrons. The van der Waals surface area contributed by atoms with Crippen LogP contribution >= 0.6 is 11.8 Å². The fourth-order valence-electron chi connectivity index (χ4n) is 2.18. The van der Waals surface area contributed by atoms with E-state index in [4.69, 9.17) is 0 Å². The number of rotatable bonds is 12. The van der Waals surface area contributed by atoms with Crippen molar-refractivity contribution in [2.24, 2.45) is 0 Å². The van der Waals surface area contributed by atoms with Crippen LogP contribution in [0.25, 0.3) is 5.82 Å². The Balaban J connectivity index is 2.07. The Morgan fingerprint density at radius 1 is 0.971 bits per heavy atom. The lowest BCUT2D eigenvalue weighted by Crippen LogP contribution is -2.69. The maximum Gasteiger partial charge on any atom is 0.384 e. The maximum atomic E-state index is 13.7. The predicted octanol–water partition coefficient (Wildman–Crippen LogP) is 5.73. The quantitative estimate of drug-likeness (QED) is 0.147. The second kappa shape index (κ2) is 9.77. The molecule has 2 rings (SSSR count). The van der Waals surface area contributed by atoms with Gasteiger partial charge in [-0.15, -0.1) is 0 Å². The van der Waals surface area contributed by atoms with Gasteiger partial charge in [0.1, 0.15) is 0 Å². The Labute approximate surface area is 192 Å². The lowest BCUT2D eigenvalue weighted by Gasteiger charge is -2.39. The van der Waals surface area contributed by atoms with Crippen LogP contribution in [0.2, 0.25) is 0 Å². The molecule has 5 nitrogen and oxygen atoms in total. The summed E-state index contributed by atoms with van der Waals surface area (Å²) in [5, 5.41) is 3.85. The molecule has 0 bridgehead atoms. The van der Waals surface area contributed by atoms with Gasteiger partial charge in [-0.1, -0.05) is 18.3 Å². The minimum absolute atomic E-state index is 0.0275. The predicted molar refractivity (Wildman–Crippen MR) is 95.7 cm³/mol. The lowest BCUT2D eigenvalue weighted by molar-refractivity contribution is -0.414. The molecule has 2 aromatic heterocycles. The van der Waals surface area contributed by atoms with Gasteiger partial charge in [0.15, 0.2) is 17.6 Å². The van der Waals surface area contributed by atoms with Crippen LogP contribution in [0.4, 0.5) is 52.7 Å². The number of halogens is 12. The van der Waals surface area contributed by atoms with Crippen molar-refractivity contribution < 1.29 is 57.4 Å². The first-order chi connectivity index (χ1) is 15.9. The van der Waals surface area contributed by atoms with Gasteiger partial charge >= 0.3 is 36.0 Å². The molecule has 0 aliphatic carbocycles. The second-order valence-corrected chi connectivity index (χ2v) is 7.56. The summed E-state index contributed by atoms with van der Waals surface area (Å²) >= 11 is 0.643. The van der Waals surface area contributed by atoms with Crippen molar-refractivity contribution >= 4 is 11.8 Å². The smallest absolute Gasteiger partial charge is 0.384 e. The van der Waals surface area contributed by atoms with Gasteiger partial charge in [0.05, 0.1) is 11.5 Å². The molecule has 0 aliphatic rings. The zero-order valence-electron chi connectivity index (χ0n) is 16.7. The first-order valence-electron chi connectivity index (χ1n) is 8.82. The topological polar surface area (TPSA) is 52.8 Å². The molecule has 196 valence electrons. The van der Waals surface area contributed by atoms with E-state index in [2.05, 4.69) is 26.4 Å². The van der Waals surface area contributed by atoms with Gasteiger partial charge < -0.3 is 4.74 Å². The Hall–Kier alpha value is -2.66. The van der Waals surface area contributed by atoms with Gasteiger partial charge in [-0.25, -0.2) is 23.4 Å². The van der Waals surface area contributed by atoms with Gasteiger partial charge in [-0.3, -0.25) is 0 Å². The van der Waals surface area contributed by atoms with E-state index in [1.807, 2.05) is 0 Å².